The van der Waals surface area contributed by atoms with Crippen LogP contribution in [0.25, 0.3) is 5.57 Å². The van der Waals surface area contributed by atoms with Gasteiger partial charge in [0.2, 0.25) is 5.91 Å². The largest absolute Gasteiger partial charge is 0.496 e. The molecule has 30 heavy (non-hydrogen) atoms. The lowest BCUT2D eigenvalue weighted by Gasteiger charge is -2.37. The van der Waals surface area contributed by atoms with Crippen LogP contribution < -0.4 is 5.32 Å². The molecule has 5 nitrogen and oxygen atoms in total. The van der Waals surface area contributed by atoms with Crippen molar-refractivity contribution in [2.45, 2.75) is 45.3 Å². The van der Waals surface area contributed by atoms with E-state index in [1.54, 1.807) is 6.26 Å². The Morgan fingerprint density at radius 1 is 1.10 bits per heavy atom. The molecule has 1 aliphatic heterocycles. The van der Waals surface area contributed by atoms with Gasteiger partial charge in [0, 0.05) is 12.1 Å². The molecule has 1 heterocycles. The molecule has 2 aliphatic rings. The highest BCUT2D eigenvalue weighted by Gasteiger charge is 2.40. The number of nitrogens with one attached hydrogen (secondary N) is 1. The normalized spacial score (nSPS) is 23.2. The quantitative estimate of drug-likeness (QED) is 0.799. The Kier molecular flexibility index (Phi) is 6.00. The Bertz CT molecular complexity index is 966. The lowest BCUT2D eigenvalue weighted by molar-refractivity contribution is -0.132. The van der Waals surface area contributed by atoms with Gasteiger partial charge >= 0.3 is 0 Å². The van der Waals surface area contributed by atoms with E-state index in [2.05, 4.69) is 5.32 Å². The zero-order valence-electron chi connectivity index (χ0n) is 17.4. The third kappa shape index (κ3) is 4.31. The molecule has 0 spiro atoms. The average Bonchev–Trinajstić information content (AvgIpc) is 2.76. The van der Waals surface area contributed by atoms with E-state index in [4.69, 9.17) is 9.47 Å². The van der Waals surface area contributed by atoms with Gasteiger partial charge in [0.25, 0.3) is 0 Å². The Labute approximate surface area is 177 Å². The molecule has 0 saturated heterocycles. The molecule has 3 unspecified atom stereocenters. The molecule has 0 radical (unpaired) electrons. The number of hydrogen-bond donors (Lipinski definition) is 1. The predicted molar refractivity (Wildman–Crippen MR) is 116 cm³/mol. The van der Waals surface area contributed by atoms with E-state index in [1.165, 1.54) is 0 Å². The summed E-state index contributed by atoms with van der Waals surface area (Å²) < 4.78 is 11.8. The molecule has 2 aromatic rings. The minimum atomic E-state index is -0.189. The summed E-state index contributed by atoms with van der Waals surface area (Å²) in [6, 6.07) is 15.5. The van der Waals surface area contributed by atoms with Gasteiger partial charge < -0.3 is 14.8 Å². The first-order valence-corrected chi connectivity index (χ1v) is 10.5. The summed E-state index contributed by atoms with van der Waals surface area (Å²) in [4.78, 5) is 25.3. The van der Waals surface area contributed by atoms with E-state index in [1.807, 2.05) is 62.4 Å². The van der Waals surface area contributed by atoms with E-state index in [9.17, 15) is 9.59 Å². The Morgan fingerprint density at radius 3 is 2.70 bits per heavy atom. The van der Waals surface area contributed by atoms with Gasteiger partial charge in [-0.15, -0.1) is 0 Å². The second-order valence-corrected chi connectivity index (χ2v) is 8.08. The number of fused-ring (bicyclic) bond motifs is 1. The number of ketones is 1. The number of carbonyl (C=O) groups is 2. The number of amides is 1. The van der Waals surface area contributed by atoms with Gasteiger partial charge in [0.05, 0.1) is 23.9 Å². The van der Waals surface area contributed by atoms with Crippen molar-refractivity contribution in [1.82, 2.24) is 0 Å². The van der Waals surface area contributed by atoms with E-state index in [0.29, 0.717) is 18.4 Å². The summed E-state index contributed by atoms with van der Waals surface area (Å²) in [7, 11) is 0. The summed E-state index contributed by atoms with van der Waals surface area (Å²) in [5.74, 6) is -0.171. The van der Waals surface area contributed by atoms with Gasteiger partial charge in [0.15, 0.2) is 5.78 Å². The van der Waals surface area contributed by atoms with E-state index in [0.717, 1.165) is 28.8 Å². The molecule has 1 N–H and O–H groups in total. The van der Waals surface area contributed by atoms with Crippen LogP contribution in [0.15, 0.2) is 54.8 Å². The monoisotopic (exact) mass is 405 g/mol. The second kappa shape index (κ2) is 8.84. The van der Waals surface area contributed by atoms with Crippen molar-refractivity contribution in [2.24, 2.45) is 5.92 Å². The molecule has 1 amide bonds. The van der Waals surface area contributed by atoms with Crippen molar-refractivity contribution < 1.29 is 19.1 Å². The van der Waals surface area contributed by atoms with Crippen LogP contribution in [0.5, 0.6) is 0 Å². The summed E-state index contributed by atoms with van der Waals surface area (Å²) >= 11 is 0. The number of allylic oxidation sites excluding steroid dienone is 1. The number of carbonyl (C=O) groups excluding carboxylic acids is 2. The van der Waals surface area contributed by atoms with E-state index < -0.39 is 0 Å². The van der Waals surface area contributed by atoms with Gasteiger partial charge in [-0.3, -0.25) is 9.59 Å². The number of benzene rings is 2. The van der Waals surface area contributed by atoms with Crippen molar-refractivity contribution in [3.05, 3.63) is 71.5 Å². The van der Waals surface area contributed by atoms with Gasteiger partial charge in [-0.05, 0) is 49.4 Å². The number of Topliss-reactive ketones (excluding diaryl/α,β-unsaturated/α-hetero) is 1. The molecule has 2 aromatic carbocycles. The second-order valence-electron chi connectivity index (χ2n) is 8.08. The Morgan fingerprint density at radius 2 is 1.90 bits per heavy atom. The van der Waals surface area contributed by atoms with Crippen LogP contribution in [-0.4, -0.2) is 30.5 Å². The van der Waals surface area contributed by atoms with Gasteiger partial charge in [-0.2, -0.15) is 0 Å². The minimum Gasteiger partial charge on any atom is -0.496 e. The number of ether oxygens (including phenoxy) is 2. The highest BCUT2D eigenvalue weighted by Crippen LogP contribution is 2.37. The maximum Gasteiger partial charge on any atom is 0.250 e. The number of hydrogen-bond acceptors (Lipinski definition) is 4. The van der Waals surface area contributed by atoms with Crippen molar-refractivity contribution in [3.8, 4) is 0 Å². The van der Waals surface area contributed by atoms with Gasteiger partial charge in [-0.25, -0.2) is 0 Å². The van der Waals surface area contributed by atoms with Crippen molar-refractivity contribution in [1.29, 1.82) is 0 Å². The summed E-state index contributed by atoms with van der Waals surface area (Å²) in [5.41, 5.74) is 4.54. The summed E-state index contributed by atoms with van der Waals surface area (Å²) in [5, 5.41) is 2.92. The van der Waals surface area contributed by atoms with Crippen LogP contribution in [0.3, 0.4) is 0 Å². The van der Waals surface area contributed by atoms with Gasteiger partial charge in [-0.1, -0.05) is 42.5 Å². The molecule has 5 heteroatoms. The Hall–Kier alpha value is -2.92. The highest BCUT2D eigenvalue weighted by atomic mass is 16.5. The molecule has 1 aliphatic carbocycles. The van der Waals surface area contributed by atoms with Crippen molar-refractivity contribution >= 4 is 23.0 Å². The summed E-state index contributed by atoms with van der Waals surface area (Å²) in [6.45, 7) is 4.00. The highest BCUT2D eigenvalue weighted by molar-refractivity contribution is 6.22. The van der Waals surface area contributed by atoms with Crippen LogP contribution in [0, 0.1) is 19.8 Å². The first-order valence-electron chi connectivity index (χ1n) is 10.5. The molecular weight excluding hydrogens is 378 g/mol. The zero-order chi connectivity index (χ0) is 21.1. The van der Waals surface area contributed by atoms with Crippen molar-refractivity contribution in [3.63, 3.8) is 0 Å². The van der Waals surface area contributed by atoms with Gasteiger partial charge in [0.1, 0.15) is 12.7 Å². The number of anilines is 1. The molecule has 156 valence electrons. The SMILES string of the molecule is Cc1cccc(NC(=O)COC2CCC3C(=O)C(c4ccccc4)=COC3C2)c1C. The maximum absolute atomic E-state index is 12.9. The minimum absolute atomic E-state index is 0.00547. The van der Waals surface area contributed by atoms with Crippen LogP contribution >= 0.6 is 0 Å². The average molecular weight is 405 g/mol. The fourth-order valence-corrected chi connectivity index (χ4v) is 4.20. The smallest absolute Gasteiger partial charge is 0.250 e. The standard InChI is InChI=1S/C25H27NO4/c1-16-7-6-10-22(17(16)2)26-24(27)15-29-19-11-12-20-23(13-19)30-14-21(25(20)28)18-8-4-3-5-9-18/h3-10,14,19-20,23H,11-13,15H2,1-2H3,(H,26,27). The molecule has 1 fully saturated rings. The van der Waals surface area contributed by atoms with E-state index >= 15 is 0 Å². The topological polar surface area (TPSA) is 64.6 Å². The molecule has 1 saturated carbocycles. The molecular formula is C25H27NO4. The lowest BCUT2D eigenvalue weighted by Crippen LogP contribution is -2.42. The zero-order valence-corrected chi connectivity index (χ0v) is 17.4. The molecule has 3 atom stereocenters. The fraction of sp³-hybridized carbons (Fsp3) is 0.360. The third-order valence-electron chi connectivity index (χ3n) is 6.12. The number of rotatable bonds is 5. The first kappa shape index (κ1) is 20.4. The number of aryl methyl sites for hydroxylation is 1. The maximum atomic E-state index is 12.9. The van der Waals surface area contributed by atoms with Crippen LogP contribution in [0.4, 0.5) is 5.69 Å². The molecule has 0 bridgehead atoms. The predicted octanol–water partition coefficient (Wildman–Crippen LogP) is 4.44. The van der Waals surface area contributed by atoms with Crippen molar-refractivity contribution in [2.75, 3.05) is 11.9 Å². The van der Waals surface area contributed by atoms with Crippen LogP contribution in [0.1, 0.15) is 36.0 Å². The summed E-state index contributed by atoms with van der Waals surface area (Å²) in [6.07, 6.45) is 3.38. The molecule has 4 rings (SSSR count). The third-order valence-corrected chi connectivity index (χ3v) is 6.12. The fourth-order valence-electron chi connectivity index (χ4n) is 4.20. The molecule has 0 aromatic heterocycles. The van der Waals surface area contributed by atoms with Crippen LogP contribution in [-0.2, 0) is 19.1 Å². The van der Waals surface area contributed by atoms with E-state index in [-0.39, 0.29) is 36.4 Å². The van der Waals surface area contributed by atoms with Crippen LogP contribution in [0.2, 0.25) is 0 Å². The lowest BCUT2D eigenvalue weighted by atomic mass is 9.78. The first-order chi connectivity index (χ1) is 14.5. The Balaban J connectivity index is 1.32.